The minimum atomic E-state index is -0.518. The van der Waals surface area contributed by atoms with E-state index in [9.17, 15) is 5.11 Å². The molecule has 1 unspecified atom stereocenters. The van der Waals surface area contributed by atoms with E-state index < -0.39 is 6.10 Å². The number of hydrogen-bond donors (Lipinski definition) is 1. The van der Waals surface area contributed by atoms with Gasteiger partial charge in [0.05, 0.1) is 18.1 Å². The van der Waals surface area contributed by atoms with E-state index in [0.29, 0.717) is 5.69 Å². The van der Waals surface area contributed by atoms with E-state index in [1.807, 2.05) is 18.4 Å². The molecule has 2 aromatic heterocycles. The van der Waals surface area contributed by atoms with Crippen molar-refractivity contribution >= 4 is 11.3 Å². The Morgan fingerprint density at radius 1 is 1.57 bits per heavy atom. The lowest BCUT2D eigenvalue weighted by Gasteiger charge is -1.96. The van der Waals surface area contributed by atoms with Gasteiger partial charge < -0.3 is 9.52 Å². The molecule has 0 aliphatic heterocycles. The van der Waals surface area contributed by atoms with E-state index in [0.717, 1.165) is 16.3 Å². The maximum atomic E-state index is 9.32. The Balaban J connectivity index is 2.39. The number of furan rings is 1. The van der Waals surface area contributed by atoms with Crippen molar-refractivity contribution in [3.63, 3.8) is 0 Å². The van der Waals surface area contributed by atoms with Crippen LogP contribution < -0.4 is 0 Å². The summed E-state index contributed by atoms with van der Waals surface area (Å²) in [6, 6.07) is 1.90. The molecule has 0 aromatic carbocycles. The summed E-state index contributed by atoms with van der Waals surface area (Å²) in [5.74, 6) is 0.793. The van der Waals surface area contributed by atoms with Crippen LogP contribution in [0.2, 0.25) is 0 Å². The first-order valence-corrected chi connectivity index (χ1v) is 5.24. The molecule has 0 radical (unpaired) electrons. The molecule has 1 N–H and O–H groups in total. The lowest BCUT2D eigenvalue weighted by Crippen LogP contribution is -1.90. The second kappa shape index (κ2) is 3.55. The zero-order valence-corrected chi connectivity index (χ0v) is 8.84. The topological polar surface area (TPSA) is 46.3 Å². The van der Waals surface area contributed by atoms with Gasteiger partial charge in [0.15, 0.2) is 10.8 Å². The molecule has 1 atom stereocenters. The van der Waals surface area contributed by atoms with Crippen molar-refractivity contribution < 1.29 is 9.52 Å². The number of aliphatic hydroxyl groups is 1. The molecule has 0 aliphatic rings. The van der Waals surface area contributed by atoms with Crippen LogP contribution in [0.1, 0.15) is 24.3 Å². The monoisotopic (exact) mass is 209 g/mol. The lowest BCUT2D eigenvalue weighted by molar-refractivity contribution is 0.195. The zero-order valence-electron chi connectivity index (χ0n) is 8.02. The van der Waals surface area contributed by atoms with Crippen LogP contribution in [0.15, 0.2) is 22.1 Å². The number of nitrogens with zero attached hydrogens (tertiary/aromatic N) is 1. The summed E-state index contributed by atoms with van der Waals surface area (Å²) in [4.78, 5) is 4.29. The molecule has 0 fully saturated rings. The number of aliphatic hydroxyl groups excluding tert-OH is 1. The molecule has 2 rings (SSSR count). The number of thiazole rings is 1. The van der Waals surface area contributed by atoms with Crippen LogP contribution in [0.25, 0.3) is 10.8 Å². The average Bonchev–Trinajstić information content (AvgIpc) is 2.71. The molecule has 2 aromatic rings. The fourth-order valence-corrected chi connectivity index (χ4v) is 2.13. The second-order valence-electron chi connectivity index (χ2n) is 3.19. The molecule has 0 bridgehead atoms. The molecule has 0 saturated heterocycles. The first kappa shape index (κ1) is 9.43. The van der Waals surface area contributed by atoms with Gasteiger partial charge in [0.2, 0.25) is 0 Å². The molecule has 74 valence electrons. The van der Waals surface area contributed by atoms with Crippen molar-refractivity contribution in [3.05, 3.63) is 29.0 Å². The minimum absolute atomic E-state index is 0.518. The molecule has 0 amide bonds. The quantitative estimate of drug-likeness (QED) is 0.827. The summed E-state index contributed by atoms with van der Waals surface area (Å²) in [7, 11) is 0. The van der Waals surface area contributed by atoms with Gasteiger partial charge in [-0.1, -0.05) is 0 Å². The highest BCUT2D eigenvalue weighted by atomic mass is 32.1. The first-order valence-electron chi connectivity index (χ1n) is 4.36. The van der Waals surface area contributed by atoms with Crippen molar-refractivity contribution in [2.75, 3.05) is 0 Å². The maximum Gasteiger partial charge on any atom is 0.165 e. The Kier molecular flexibility index (Phi) is 2.39. The van der Waals surface area contributed by atoms with Crippen molar-refractivity contribution in [2.24, 2.45) is 0 Å². The summed E-state index contributed by atoms with van der Waals surface area (Å²) < 4.78 is 5.31. The van der Waals surface area contributed by atoms with Gasteiger partial charge >= 0.3 is 0 Å². The Labute approximate surface area is 86.0 Å². The minimum Gasteiger partial charge on any atom is -0.462 e. The standard InChI is InChI=1S/C10H11NO2S/c1-6-3-4-13-9(6)10-11-8(5-14-10)7(2)12/h3-5,7,12H,1-2H3. The highest BCUT2D eigenvalue weighted by molar-refractivity contribution is 7.13. The molecule has 14 heavy (non-hydrogen) atoms. The average molecular weight is 209 g/mol. The molecular formula is C10H11NO2S. The highest BCUT2D eigenvalue weighted by Crippen LogP contribution is 2.28. The summed E-state index contributed by atoms with van der Waals surface area (Å²) >= 11 is 1.48. The van der Waals surface area contributed by atoms with E-state index in [2.05, 4.69) is 4.98 Å². The molecule has 3 nitrogen and oxygen atoms in total. The van der Waals surface area contributed by atoms with Crippen LogP contribution in [0, 0.1) is 6.92 Å². The van der Waals surface area contributed by atoms with Crippen LogP contribution >= 0.6 is 11.3 Å². The molecular weight excluding hydrogens is 198 g/mol. The van der Waals surface area contributed by atoms with Crippen molar-refractivity contribution in [2.45, 2.75) is 20.0 Å². The molecule has 0 aliphatic carbocycles. The van der Waals surface area contributed by atoms with Gasteiger partial charge in [-0.25, -0.2) is 4.98 Å². The van der Waals surface area contributed by atoms with E-state index in [-0.39, 0.29) is 0 Å². The van der Waals surface area contributed by atoms with Crippen molar-refractivity contribution in [3.8, 4) is 10.8 Å². The van der Waals surface area contributed by atoms with Crippen LogP contribution in [-0.4, -0.2) is 10.1 Å². The number of aryl methyl sites for hydroxylation is 1. The third-order valence-electron chi connectivity index (χ3n) is 2.01. The van der Waals surface area contributed by atoms with Gasteiger partial charge in [-0.05, 0) is 25.5 Å². The SMILES string of the molecule is Cc1ccoc1-c1nc(C(C)O)cs1. The predicted molar refractivity (Wildman–Crippen MR) is 55.2 cm³/mol. The van der Waals surface area contributed by atoms with Gasteiger partial charge in [0.1, 0.15) is 0 Å². The first-order chi connectivity index (χ1) is 6.68. The third kappa shape index (κ3) is 1.58. The Bertz CT molecular complexity index is 431. The zero-order chi connectivity index (χ0) is 10.1. The third-order valence-corrected chi connectivity index (χ3v) is 2.87. The maximum absolute atomic E-state index is 9.32. The molecule has 4 heteroatoms. The fraction of sp³-hybridized carbons (Fsp3) is 0.300. The van der Waals surface area contributed by atoms with E-state index >= 15 is 0 Å². The number of rotatable bonds is 2. The number of hydrogen-bond acceptors (Lipinski definition) is 4. The summed E-state index contributed by atoms with van der Waals surface area (Å²) in [5.41, 5.74) is 1.76. The smallest absolute Gasteiger partial charge is 0.165 e. The summed E-state index contributed by atoms with van der Waals surface area (Å²) in [5, 5.41) is 12.0. The predicted octanol–water partition coefficient (Wildman–Crippen LogP) is 2.76. The second-order valence-corrected chi connectivity index (χ2v) is 4.04. The summed E-state index contributed by atoms with van der Waals surface area (Å²) in [6.07, 6.45) is 1.13. The summed E-state index contributed by atoms with van der Waals surface area (Å²) in [6.45, 7) is 3.68. The van der Waals surface area contributed by atoms with Gasteiger partial charge in [0.25, 0.3) is 0 Å². The normalized spacial score (nSPS) is 13.1. The Morgan fingerprint density at radius 2 is 2.36 bits per heavy atom. The molecule has 0 spiro atoms. The van der Waals surface area contributed by atoms with Crippen LogP contribution in [0.3, 0.4) is 0 Å². The molecule has 2 heterocycles. The van der Waals surface area contributed by atoms with Crippen molar-refractivity contribution in [1.29, 1.82) is 0 Å². The highest BCUT2D eigenvalue weighted by Gasteiger charge is 2.12. The largest absolute Gasteiger partial charge is 0.462 e. The van der Waals surface area contributed by atoms with Crippen molar-refractivity contribution in [1.82, 2.24) is 4.98 Å². The van der Waals surface area contributed by atoms with E-state index in [4.69, 9.17) is 4.42 Å². The van der Waals surface area contributed by atoms with Crippen LogP contribution in [0.5, 0.6) is 0 Å². The lowest BCUT2D eigenvalue weighted by atomic mass is 10.3. The Morgan fingerprint density at radius 3 is 2.86 bits per heavy atom. The van der Waals surface area contributed by atoms with Gasteiger partial charge in [-0.15, -0.1) is 11.3 Å². The fourth-order valence-electron chi connectivity index (χ4n) is 1.17. The Hall–Kier alpha value is -1.13. The molecule has 0 saturated carbocycles. The van der Waals surface area contributed by atoms with E-state index in [1.165, 1.54) is 11.3 Å². The van der Waals surface area contributed by atoms with Gasteiger partial charge in [-0.2, -0.15) is 0 Å². The van der Waals surface area contributed by atoms with Gasteiger partial charge in [0, 0.05) is 5.38 Å². The van der Waals surface area contributed by atoms with Crippen LogP contribution in [-0.2, 0) is 0 Å². The number of aromatic nitrogens is 1. The van der Waals surface area contributed by atoms with Gasteiger partial charge in [-0.3, -0.25) is 0 Å². The van der Waals surface area contributed by atoms with E-state index in [1.54, 1.807) is 13.2 Å². The van der Waals surface area contributed by atoms with Crippen LogP contribution in [0.4, 0.5) is 0 Å².